The average Bonchev–Trinajstić information content (AvgIpc) is 2.37. The molecule has 1 saturated heterocycles. The van der Waals surface area contributed by atoms with E-state index in [-0.39, 0.29) is 17.1 Å². The van der Waals surface area contributed by atoms with Crippen molar-refractivity contribution in [2.45, 2.75) is 30.2 Å². The summed E-state index contributed by atoms with van der Waals surface area (Å²) in [6, 6.07) is 1.17. The predicted molar refractivity (Wildman–Crippen MR) is 74.6 cm³/mol. The van der Waals surface area contributed by atoms with Crippen LogP contribution in [0.3, 0.4) is 0 Å². The molecule has 20 heavy (non-hydrogen) atoms. The fourth-order valence-electron chi connectivity index (χ4n) is 2.42. The number of nitrogens with zero attached hydrogens (tertiary/aromatic N) is 1. The van der Waals surface area contributed by atoms with E-state index in [9.17, 15) is 17.2 Å². The van der Waals surface area contributed by atoms with Crippen molar-refractivity contribution in [1.29, 1.82) is 0 Å². The van der Waals surface area contributed by atoms with Gasteiger partial charge in [-0.25, -0.2) is 17.2 Å². The van der Waals surface area contributed by atoms with Crippen molar-refractivity contribution in [3.63, 3.8) is 0 Å². The number of hydrogen-bond acceptors (Lipinski definition) is 3. The van der Waals surface area contributed by atoms with Gasteiger partial charge < -0.3 is 5.73 Å². The Labute approximate surface area is 125 Å². The van der Waals surface area contributed by atoms with Crippen LogP contribution in [0, 0.1) is 11.6 Å². The van der Waals surface area contributed by atoms with Gasteiger partial charge in [-0.15, -0.1) is 0 Å². The quantitative estimate of drug-likeness (QED) is 0.889. The molecule has 1 aliphatic heterocycles. The first kappa shape index (κ1) is 15.8. The topological polar surface area (TPSA) is 63.4 Å². The van der Waals surface area contributed by atoms with E-state index in [0.717, 1.165) is 12.5 Å². The monoisotopic (exact) mass is 368 g/mol. The van der Waals surface area contributed by atoms with Crippen molar-refractivity contribution >= 4 is 26.0 Å². The molecule has 2 N–H and O–H groups in total. The average molecular weight is 369 g/mol. The van der Waals surface area contributed by atoms with Crippen molar-refractivity contribution in [3.05, 3.63) is 28.2 Å². The van der Waals surface area contributed by atoms with E-state index in [1.807, 2.05) is 0 Å². The van der Waals surface area contributed by atoms with Gasteiger partial charge in [0.05, 0.1) is 0 Å². The van der Waals surface area contributed by atoms with Gasteiger partial charge in [-0.2, -0.15) is 4.31 Å². The van der Waals surface area contributed by atoms with Crippen LogP contribution in [0.2, 0.25) is 0 Å². The van der Waals surface area contributed by atoms with Crippen molar-refractivity contribution in [2.75, 3.05) is 13.1 Å². The van der Waals surface area contributed by atoms with Crippen LogP contribution in [0.25, 0.3) is 0 Å². The zero-order valence-corrected chi connectivity index (χ0v) is 13.1. The normalized spacial score (nSPS) is 21.1. The van der Waals surface area contributed by atoms with Crippen LogP contribution in [0.5, 0.6) is 0 Å². The smallest absolute Gasteiger partial charge is 0.247 e. The van der Waals surface area contributed by atoms with Crippen LogP contribution < -0.4 is 5.73 Å². The lowest BCUT2D eigenvalue weighted by molar-refractivity contribution is 0.256. The zero-order valence-electron chi connectivity index (χ0n) is 10.7. The number of nitrogens with two attached hydrogens (primary N) is 1. The third-order valence-electron chi connectivity index (χ3n) is 3.37. The van der Waals surface area contributed by atoms with Crippen molar-refractivity contribution in [1.82, 2.24) is 4.31 Å². The van der Waals surface area contributed by atoms with Gasteiger partial charge in [-0.1, -0.05) is 6.42 Å². The molecule has 0 aliphatic carbocycles. The molecule has 0 amide bonds. The highest BCUT2D eigenvalue weighted by molar-refractivity contribution is 9.10. The van der Waals surface area contributed by atoms with E-state index in [1.165, 1.54) is 4.31 Å². The lowest BCUT2D eigenvalue weighted by Crippen LogP contribution is -2.47. The summed E-state index contributed by atoms with van der Waals surface area (Å²) in [6.07, 6.45) is 2.24. The van der Waals surface area contributed by atoms with E-state index in [2.05, 4.69) is 15.9 Å². The van der Waals surface area contributed by atoms with Crippen LogP contribution in [0.15, 0.2) is 21.5 Å². The molecule has 1 aliphatic rings. The van der Waals surface area contributed by atoms with E-state index >= 15 is 0 Å². The molecule has 0 aromatic heterocycles. The third kappa shape index (κ3) is 2.88. The van der Waals surface area contributed by atoms with Crippen LogP contribution in [0.1, 0.15) is 19.3 Å². The number of piperidine rings is 1. The first-order valence-electron chi connectivity index (χ1n) is 6.24. The predicted octanol–water partition coefficient (Wildman–Crippen LogP) is 2.23. The van der Waals surface area contributed by atoms with E-state index in [1.54, 1.807) is 0 Å². The Bertz CT molecular complexity index is 586. The van der Waals surface area contributed by atoms with Gasteiger partial charge in [-0.3, -0.25) is 0 Å². The minimum Gasteiger partial charge on any atom is -0.329 e. The molecule has 4 nitrogen and oxygen atoms in total. The van der Waals surface area contributed by atoms with Gasteiger partial charge in [0.15, 0.2) is 0 Å². The molecule has 0 spiro atoms. The summed E-state index contributed by atoms with van der Waals surface area (Å²) in [6.45, 7) is 0.479. The lowest BCUT2D eigenvalue weighted by Gasteiger charge is -2.34. The first-order valence-corrected chi connectivity index (χ1v) is 8.47. The maximum Gasteiger partial charge on any atom is 0.247 e. The number of sulfonamides is 1. The summed E-state index contributed by atoms with van der Waals surface area (Å²) < 4.78 is 53.2. The fourth-order valence-corrected chi connectivity index (χ4v) is 5.24. The zero-order chi connectivity index (χ0) is 14.9. The fraction of sp³-hybridized carbons (Fsp3) is 0.500. The summed E-state index contributed by atoms with van der Waals surface area (Å²) in [5.74, 6) is -1.93. The molecule has 1 fully saturated rings. The molecule has 1 heterocycles. The Morgan fingerprint density at radius 3 is 2.65 bits per heavy atom. The molecule has 0 saturated carbocycles. The van der Waals surface area contributed by atoms with Gasteiger partial charge in [0.25, 0.3) is 0 Å². The molecule has 0 radical (unpaired) electrons. The highest BCUT2D eigenvalue weighted by Crippen LogP contribution is 2.32. The maximum atomic E-state index is 13.9. The summed E-state index contributed by atoms with van der Waals surface area (Å²) in [4.78, 5) is -0.528. The largest absolute Gasteiger partial charge is 0.329 e. The highest BCUT2D eigenvalue weighted by Gasteiger charge is 2.36. The Hall–Kier alpha value is -0.570. The van der Waals surface area contributed by atoms with Crippen molar-refractivity contribution in [3.8, 4) is 0 Å². The number of halogens is 3. The summed E-state index contributed by atoms with van der Waals surface area (Å²) in [5.41, 5.74) is 5.60. The van der Waals surface area contributed by atoms with Gasteiger partial charge in [0.1, 0.15) is 16.5 Å². The molecule has 1 atom stereocenters. The summed E-state index contributed by atoms with van der Waals surface area (Å²) in [7, 11) is -4.04. The van der Waals surface area contributed by atoms with E-state index < -0.39 is 26.6 Å². The standard InChI is InChI=1S/C12H15BrF2N2O2S/c13-10-5-8(14)6-11(15)12(10)20(18,19)17-4-2-1-3-9(17)7-16/h5-6,9H,1-4,7,16H2. The Kier molecular flexibility index (Phi) is 4.78. The Morgan fingerprint density at radius 2 is 2.05 bits per heavy atom. The number of hydrogen-bond donors (Lipinski definition) is 1. The Balaban J connectivity index is 2.49. The number of rotatable bonds is 3. The minimum absolute atomic E-state index is 0.114. The second-order valence-electron chi connectivity index (χ2n) is 4.70. The Morgan fingerprint density at radius 1 is 1.35 bits per heavy atom. The van der Waals surface area contributed by atoms with Crippen LogP contribution in [0.4, 0.5) is 8.78 Å². The highest BCUT2D eigenvalue weighted by atomic mass is 79.9. The molecular formula is C12H15BrF2N2O2S. The maximum absolute atomic E-state index is 13.9. The molecule has 8 heteroatoms. The summed E-state index contributed by atoms with van der Waals surface area (Å²) in [5, 5.41) is 0. The van der Waals surface area contributed by atoms with Crippen molar-refractivity contribution < 1.29 is 17.2 Å². The van der Waals surface area contributed by atoms with Crippen LogP contribution in [-0.4, -0.2) is 31.9 Å². The molecule has 1 unspecified atom stereocenters. The lowest BCUT2D eigenvalue weighted by atomic mass is 10.1. The summed E-state index contributed by atoms with van der Waals surface area (Å²) >= 11 is 2.93. The molecule has 1 aromatic carbocycles. The molecule has 1 aromatic rings. The SMILES string of the molecule is NCC1CCCCN1S(=O)(=O)c1c(F)cc(F)cc1Br. The van der Waals surface area contributed by atoms with Crippen LogP contribution >= 0.6 is 15.9 Å². The first-order chi connectivity index (χ1) is 9.37. The van der Waals surface area contributed by atoms with E-state index in [4.69, 9.17) is 5.73 Å². The van der Waals surface area contributed by atoms with Gasteiger partial charge in [-0.05, 0) is 34.8 Å². The van der Waals surface area contributed by atoms with Gasteiger partial charge >= 0.3 is 0 Å². The second kappa shape index (κ2) is 6.05. The van der Waals surface area contributed by atoms with Gasteiger partial charge in [0.2, 0.25) is 10.0 Å². The molecule has 2 rings (SSSR count). The van der Waals surface area contributed by atoms with Crippen molar-refractivity contribution in [2.24, 2.45) is 5.73 Å². The molecular weight excluding hydrogens is 354 g/mol. The molecule has 112 valence electrons. The molecule has 0 bridgehead atoms. The second-order valence-corrected chi connectivity index (χ2v) is 7.38. The number of benzene rings is 1. The third-order valence-corrected chi connectivity index (χ3v) is 6.29. The van der Waals surface area contributed by atoms with Gasteiger partial charge in [0, 0.05) is 29.7 Å². The van der Waals surface area contributed by atoms with Crippen LogP contribution in [-0.2, 0) is 10.0 Å². The minimum atomic E-state index is -4.04. The van der Waals surface area contributed by atoms with E-state index in [0.29, 0.717) is 25.5 Å².